The van der Waals surface area contributed by atoms with E-state index in [0.717, 1.165) is 11.6 Å². The highest BCUT2D eigenvalue weighted by molar-refractivity contribution is 6.31. The summed E-state index contributed by atoms with van der Waals surface area (Å²) in [6.45, 7) is 0.735. The van der Waals surface area contributed by atoms with Gasteiger partial charge in [0.1, 0.15) is 0 Å². The van der Waals surface area contributed by atoms with Crippen molar-refractivity contribution >= 4 is 11.6 Å². The van der Waals surface area contributed by atoms with E-state index in [2.05, 4.69) is 12.1 Å². The topological polar surface area (TPSA) is 26.0 Å². The third kappa shape index (κ3) is 1.71. The molecule has 3 rings (SSSR count). The van der Waals surface area contributed by atoms with Crippen molar-refractivity contribution in [2.75, 3.05) is 6.54 Å². The lowest BCUT2D eigenvalue weighted by Crippen LogP contribution is -2.52. The lowest BCUT2D eigenvalue weighted by Gasteiger charge is -2.55. The Bertz CT molecular complexity index is 413. The minimum Gasteiger partial charge on any atom is -0.330 e. The number of benzene rings is 1. The Balaban J connectivity index is 1.88. The van der Waals surface area contributed by atoms with Crippen LogP contribution in [0.25, 0.3) is 0 Å². The zero-order valence-corrected chi connectivity index (χ0v) is 11.0. The van der Waals surface area contributed by atoms with Crippen LogP contribution in [0.5, 0.6) is 0 Å². The van der Waals surface area contributed by atoms with Gasteiger partial charge in [-0.05, 0) is 42.7 Å². The Morgan fingerprint density at radius 3 is 2.35 bits per heavy atom. The molecule has 0 bridgehead atoms. The Labute approximate surface area is 108 Å². The fourth-order valence-corrected chi connectivity index (χ4v) is 4.53. The van der Waals surface area contributed by atoms with Gasteiger partial charge in [-0.2, -0.15) is 0 Å². The van der Waals surface area contributed by atoms with Crippen LogP contribution in [-0.2, 0) is 5.41 Å². The number of halogens is 1. The van der Waals surface area contributed by atoms with Crippen molar-refractivity contribution in [3.8, 4) is 0 Å². The van der Waals surface area contributed by atoms with Gasteiger partial charge in [0.2, 0.25) is 0 Å². The Kier molecular flexibility index (Phi) is 2.72. The second-order valence-electron chi connectivity index (χ2n) is 6.02. The van der Waals surface area contributed by atoms with Crippen molar-refractivity contribution in [2.45, 2.75) is 43.9 Å². The summed E-state index contributed by atoms with van der Waals surface area (Å²) in [5.41, 5.74) is 8.12. The van der Waals surface area contributed by atoms with E-state index in [4.69, 9.17) is 17.3 Å². The first-order valence-electron chi connectivity index (χ1n) is 6.65. The molecule has 2 fully saturated rings. The number of hydrogen-bond donors (Lipinski definition) is 1. The molecule has 1 spiro atoms. The molecule has 0 amide bonds. The van der Waals surface area contributed by atoms with E-state index in [0.29, 0.717) is 5.41 Å². The van der Waals surface area contributed by atoms with Crippen LogP contribution in [0, 0.1) is 5.41 Å². The predicted octanol–water partition coefficient (Wildman–Crippen LogP) is 3.89. The summed E-state index contributed by atoms with van der Waals surface area (Å²) in [4.78, 5) is 0. The molecule has 2 N–H and O–H groups in total. The molecule has 0 saturated heterocycles. The van der Waals surface area contributed by atoms with Gasteiger partial charge in [0.05, 0.1) is 0 Å². The molecule has 0 unspecified atom stereocenters. The molecular formula is C15H20ClN. The summed E-state index contributed by atoms with van der Waals surface area (Å²) in [5, 5.41) is 0.894. The third-order valence-corrected chi connectivity index (χ3v) is 5.26. The SMILES string of the molecule is NCC1(c2ccccc2Cl)CC2(CCCC2)C1. The first kappa shape index (κ1) is 11.6. The van der Waals surface area contributed by atoms with Gasteiger partial charge < -0.3 is 5.73 Å². The quantitative estimate of drug-likeness (QED) is 0.846. The molecule has 1 nitrogen and oxygen atoms in total. The Hall–Kier alpha value is -0.530. The highest BCUT2D eigenvalue weighted by Gasteiger charge is 2.55. The molecule has 92 valence electrons. The summed E-state index contributed by atoms with van der Waals surface area (Å²) in [6, 6.07) is 8.24. The maximum absolute atomic E-state index is 6.34. The van der Waals surface area contributed by atoms with E-state index in [1.54, 1.807) is 0 Å². The summed E-state index contributed by atoms with van der Waals surface area (Å²) in [7, 11) is 0. The van der Waals surface area contributed by atoms with Gasteiger partial charge in [-0.25, -0.2) is 0 Å². The van der Waals surface area contributed by atoms with Crippen molar-refractivity contribution in [1.29, 1.82) is 0 Å². The molecule has 2 saturated carbocycles. The number of rotatable bonds is 2. The van der Waals surface area contributed by atoms with Crippen LogP contribution < -0.4 is 5.73 Å². The lowest BCUT2D eigenvalue weighted by atomic mass is 9.49. The summed E-state index contributed by atoms with van der Waals surface area (Å²) in [6.07, 6.45) is 8.12. The fourth-order valence-electron chi connectivity index (χ4n) is 4.20. The maximum atomic E-state index is 6.34. The van der Waals surface area contributed by atoms with Crippen LogP contribution in [-0.4, -0.2) is 6.54 Å². The van der Waals surface area contributed by atoms with Crippen LogP contribution in [0.1, 0.15) is 44.1 Å². The third-order valence-electron chi connectivity index (χ3n) is 4.93. The van der Waals surface area contributed by atoms with Crippen LogP contribution in [0.2, 0.25) is 5.02 Å². The van der Waals surface area contributed by atoms with Crippen molar-refractivity contribution < 1.29 is 0 Å². The van der Waals surface area contributed by atoms with Crippen LogP contribution in [0.4, 0.5) is 0 Å². The fraction of sp³-hybridized carbons (Fsp3) is 0.600. The van der Waals surface area contributed by atoms with Crippen LogP contribution in [0.15, 0.2) is 24.3 Å². The summed E-state index contributed by atoms with van der Waals surface area (Å²) < 4.78 is 0. The maximum Gasteiger partial charge on any atom is 0.0444 e. The zero-order valence-electron chi connectivity index (χ0n) is 10.2. The van der Waals surface area contributed by atoms with Gasteiger partial charge in [0.15, 0.2) is 0 Å². The molecule has 0 aliphatic heterocycles. The van der Waals surface area contributed by atoms with Crippen LogP contribution in [0.3, 0.4) is 0 Å². The lowest BCUT2D eigenvalue weighted by molar-refractivity contribution is 0.0330. The van der Waals surface area contributed by atoms with Crippen molar-refractivity contribution in [1.82, 2.24) is 0 Å². The van der Waals surface area contributed by atoms with Gasteiger partial charge in [-0.15, -0.1) is 0 Å². The normalized spacial score (nSPS) is 24.8. The summed E-state index contributed by atoms with van der Waals surface area (Å²) >= 11 is 6.34. The molecule has 17 heavy (non-hydrogen) atoms. The zero-order chi connectivity index (χ0) is 11.9. The van der Waals surface area contributed by atoms with E-state index < -0.39 is 0 Å². The van der Waals surface area contributed by atoms with Crippen LogP contribution >= 0.6 is 11.6 Å². The number of hydrogen-bond acceptors (Lipinski definition) is 1. The number of nitrogens with two attached hydrogens (primary N) is 1. The Morgan fingerprint density at radius 1 is 1.12 bits per heavy atom. The van der Waals surface area contributed by atoms with Crippen molar-refractivity contribution in [3.63, 3.8) is 0 Å². The molecular weight excluding hydrogens is 230 g/mol. The monoisotopic (exact) mass is 249 g/mol. The first-order chi connectivity index (χ1) is 8.20. The molecule has 1 aromatic rings. The minimum absolute atomic E-state index is 0.169. The van der Waals surface area contributed by atoms with E-state index in [-0.39, 0.29) is 5.41 Å². The van der Waals surface area contributed by atoms with E-state index in [1.165, 1.54) is 44.1 Å². The van der Waals surface area contributed by atoms with Gasteiger partial charge >= 0.3 is 0 Å². The first-order valence-corrected chi connectivity index (χ1v) is 7.03. The minimum atomic E-state index is 0.169. The average Bonchev–Trinajstić information content (AvgIpc) is 2.76. The molecule has 2 aliphatic rings. The molecule has 2 heteroatoms. The largest absolute Gasteiger partial charge is 0.330 e. The summed E-state index contributed by atoms with van der Waals surface area (Å²) in [5.74, 6) is 0. The van der Waals surface area contributed by atoms with Gasteiger partial charge in [0.25, 0.3) is 0 Å². The van der Waals surface area contributed by atoms with E-state index in [1.807, 2.05) is 12.1 Å². The Morgan fingerprint density at radius 2 is 1.76 bits per heavy atom. The smallest absolute Gasteiger partial charge is 0.0444 e. The molecule has 1 aromatic carbocycles. The molecule has 0 heterocycles. The second kappa shape index (κ2) is 4.00. The highest BCUT2D eigenvalue weighted by Crippen LogP contribution is 2.63. The van der Waals surface area contributed by atoms with E-state index >= 15 is 0 Å². The molecule has 0 aromatic heterocycles. The van der Waals surface area contributed by atoms with Gasteiger partial charge in [0, 0.05) is 17.0 Å². The average molecular weight is 250 g/mol. The highest BCUT2D eigenvalue weighted by atomic mass is 35.5. The molecule has 0 atom stereocenters. The van der Waals surface area contributed by atoms with Gasteiger partial charge in [-0.3, -0.25) is 0 Å². The molecule has 2 aliphatic carbocycles. The van der Waals surface area contributed by atoms with Gasteiger partial charge in [-0.1, -0.05) is 42.6 Å². The standard InChI is InChI=1S/C15H20ClN/c16-13-6-2-1-5-12(13)15(11-17)9-14(10-15)7-3-4-8-14/h1-2,5-6H,3-4,7-11,17H2. The molecule has 0 radical (unpaired) electrons. The predicted molar refractivity (Wildman–Crippen MR) is 72.3 cm³/mol. The van der Waals surface area contributed by atoms with E-state index in [9.17, 15) is 0 Å². The van der Waals surface area contributed by atoms with Crippen molar-refractivity contribution in [2.24, 2.45) is 11.1 Å². The second-order valence-corrected chi connectivity index (χ2v) is 6.43. The van der Waals surface area contributed by atoms with Crippen molar-refractivity contribution in [3.05, 3.63) is 34.9 Å².